The molecule has 1 aliphatic rings. The zero-order valence-electron chi connectivity index (χ0n) is 11.6. The number of aromatic amines is 1. The lowest BCUT2D eigenvalue weighted by Crippen LogP contribution is -2.31. The van der Waals surface area contributed by atoms with Crippen LogP contribution in [0.2, 0.25) is 5.15 Å². The maximum absolute atomic E-state index is 12.5. The number of hydrogen-bond acceptors (Lipinski definition) is 2. The summed E-state index contributed by atoms with van der Waals surface area (Å²) in [5, 5.41) is 4.97. The molecule has 106 valence electrons. The molecule has 2 aromatic rings. The van der Waals surface area contributed by atoms with E-state index in [0.29, 0.717) is 10.8 Å². The Kier molecular flexibility index (Phi) is 3.30. The first-order valence-corrected chi connectivity index (χ1v) is 7.10. The van der Waals surface area contributed by atoms with Crippen LogP contribution in [0.4, 0.5) is 0 Å². The molecule has 1 saturated heterocycles. The molecule has 0 unspecified atom stereocenters. The minimum Gasteiger partial charge on any atom is -0.357 e. The quantitative estimate of drug-likeness (QED) is 0.925. The van der Waals surface area contributed by atoms with Gasteiger partial charge in [0.25, 0.3) is 5.91 Å². The molecule has 1 aliphatic heterocycles. The lowest BCUT2D eigenvalue weighted by atomic mass is 10.1. The molecule has 5 nitrogen and oxygen atoms in total. The van der Waals surface area contributed by atoms with Gasteiger partial charge >= 0.3 is 0 Å². The first kappa shape index (κ1) is 13.2. The van der Waals surface area contributed by atoms with Crippen LogP contribution in [0.15, 0.2) is 18.3 Å². The predicted molar refractivity (Wildman–Crippen MR) is 76.8 cm³/mol. The molecule has 0 aliphatic carbocycles. The number of rotatable bonds is 2. The van der Waals surface area contributed by atoms with Crippen LogP contribution in [0, 0.1) is 6.92 Å². The number of hydrogen-bond donors (Lipinski definition) is 1. The molecule has 3 rings (SSSR count). The molecule has 0 radical (unpaired) electrons. The van der Waals surface area contributed by atoms with Crippen molar-refractivity contribution in [1.82, 2.24) is 19.7 Å². The molecule has 0 saturated carbocycles. The molecule has 0 spiro atoms. The molecular formula is C14H17ClN4O. The summed E-state index contributed by atoms with van der Waals surface area (Å²) < 4.78 is 1.67. The highest BCUT2D eigenvalue weighted by Crippen LogP contribution is 2.38. The largest absolute Gasteiger partial charge is 0.357 e. The number of aromatic nitrogens is 3. The van der Waals surface area contributed by atoms with E-state index in [2.05, 4.69) is 10.1 Å². The fraction of sp³-hybridized carbons (Fsp3) is 0.429. The number of amides is 1. The Morgan fingerprint density at radius 2 is 2.35 bits per heavy atom. The average Bonchev–Trinajstić information content (AvgIpc) is 3.12. The molecule has 0 aromatic carbocycles. The van der Waals surface area contributed by atoms with Crippen LogP contribution in [0.5, 0.6) is 0 Å². The highest BCUT2D eigenvalue weighted by molar-refractivity contribution is 6.30. The van der Waals surface area contributed by atoms with Gasteiger partial charge in [0, 0.05) is 25.4 Å². The molecule has 1 amide bonds. The van der Waals surface area contributed by atoms with Crippen LogP contribution in [0.3, 0.4) is 0 Å². The smallest absolute Gasteiger partial charge is 0.270 e. The van der Waals surface area contributed by atoms with Crippen LogP contribution < -0.4 is 0 Å². The second-order valence-corrected chi connectivity index (χ2v) is 5.51. The third-order valence-electron chi connectivity index (χ3n) is 3.87. The van der Waals surface area contributed by atoms with Gasteiger partial charge in [-0.15, -0.1) is 0 Å². The highest BCUT2D eigenvalue weighted by atomic mass is 35.5. The van der Waals surface area contributed by atoms with E-state index in [1.807, 2.05) is 24.9 Å². The summed E-state index contributed by atoms with van der Waals surface area (Å²) in [5.74, 6) is 0.0248. The van der Waals surface area contributed by atoms with Crippen molar-refractivity contribution in [3.05, 3.63) is 40.4 Å². The molecular weight excluding hydrogens is 276 g/mol. The summed E-state index contributed by atoms with van der Waals surface area (Å²) in [4.78, 5) is 17.4. The van der Waals surface area contributed by atoms with E-state index >= 15 is 0 Å². The van der Waals surface area contributed by atoms with E-state index < -0.39 is 0 Å². The number of halogens is 1. The Morgan fingerprint density at radius 1 is 1.55 bits per heavy atom. The van der Waals surface area contributed by atoms with Gasteiger partial charge in [-0.1, -0.05) is 11.6 Å². The molecule has 0 bridgehead atoms. The van der Waals surface area contributed by atoms with Gasteiger partial charge in [0.05, 0.1) is 11.7 Å². The Balaban J connectivity index is 1.95. The van der Waals surface area contributed by atoms with Gasteiger partial charge in [0.1, 0.15) is 10.8 Å². The van der Waals surface area contributed by atoms with Crippen molar-refractivity contribution >= 4 is 17.5 Å². The summed E-state index contributed by atoms with van der Waals surface area (Å²) in [6, 6.07) is 3.66. The zero-order valence-corrected chi connectivity index (χ0v) is 12.3. The third-order valence-corrected chi connectivity index (χ3v) is 4.32. The normalized spacial score (nSPS) is 18.8. The van der Waals surface area contributed by atoms with Crippen LogP contribution in [0.25, 0.3) is 0 Å². The van der Waals surface area contributed by atoms with Crippen molar-refractivity contribution in [2.75, 3.05) is 6.54 Å². The molecule has 3 heterocycles. The van der Waals surface area contributed by atoms with Gasteiger partial charge in [-0.3, -0.25) is 9.48 Å². The summed E-state index contributed by atoms with van der Waals surface area (Å²) in [6.45, 7) is 2.70. The van der Waals surface area contributed by atoms with Crippen molar-refractivity contribution in [2.24, 2.45) is 7.05 Å². The van der Waals surface area contributed by atoms with Crippen LogP contribution in [0.1, 0.15) is 40.6 Å². The fourth-order valence-corrected chi connectivity index (χ4v) is 3.25. The average molecular weight is 293 g/mol. The van der Waals surface area contributed by atoms with Gasteiger partial charge in [-0.2, -0.15) is 5.10 Å². The lowest BCUT2D eigenvalue weighted by molar-refractivity contribution is 0.0730. The fourth-order valence-electron chi connectivity index (χ4n) is 2.95. The monoisotopic (exact) mass is 292 g/mol. The minimum absolute atomic E-state index is 0.0204. The molecule has 1 N–H and O–H groups in total. The van der Waals surface area contributed by atoms with E-state index in [-0.39, 0.29) is 11.9 Å². The number of nitrogens with zero attached hydrogens (tertiary/aromatic N) is 3. The maximum atomic E-state index is 12.5. The van der Waals surface area contributed by atoms with Gasteiger partial charge in [0.15, 0.2) is 0 Å². The third kappa shape index (κ3) is 2.02. The Bertz CT molecular complexity index is 632. The van der Waals surface area contributed by atoms with Gasteiger partial charge < -0.3 is 9.88 Å². The number of likely N-dealkylation sites (tertiary alicyclic amines) is 1. The maximum Gasteiger partial charge on any atom is 0.270 e. The molecule has 20 heavy (non-hydrogen) atoms. The number of carbonyl (C=O) groups is 1. The van der Waals surface area contributed by atoms with Crippen molar-refractivity contribution < 1.29 is 4.79 Å². The van der Waals surface area contributed by atoms with Gasteiger partial charge in [-0.05, 0) is 31.9 Å². The summed E-state index contributed by atoms with van der Waals surface area (Å²) in [6.07, 6.45) is 3.68. The molecule has 1 fully saturated rings. The van der Waals surface area contributed by atoms with E-state index in [1.54, 1.807) is 16.9 Å². The molecule has 2 aromatic heterocycles. The Labute approximate surface area is 122 Å². The van der Waals surface area contributed by atoms with Crippen LogP contribution in [-0.2, 0) is 7.05 Å². The second-order valence-electron chi connectivity index (χ2n) is 5.15. The molecule has 1 atom stereocenters. The van der Waals surface area contributed by atoms with Crippen LogP contribution in [-0.4, -0.2) is 32.1 Å². The summed E-state index contributed by atoms with van der Waals surface area (Å²) in [5.41, 5.74) is 2.50. The van der Waals surface area contributed by atoms with Gasteiger partial charge in [0.2, 0.25) is 0 Å². The van der Waals surface area contributed by atoms with Crippen LogP contribution >= 0.6 is 11.6 Å². The number of H-pyrrole nitrogens is 1. The minimum atomic E-state index is 0.0204. The predicted octanol–water partition coefficient (Wildman–Crippen LogP) is 2.69. The van der Waals surface area contributed by atoms with E-state index in [4.69, 9.17) is 11.6 Å². The van der Waals surface area contributed by atoms with Crippen molar-refractivity contribution in [2.45, 2.75) is 25.8 Å². The number of aryl methyl sites for hydroxylation is 2. The van der Waals surface area contributed by atoms with E-state index in [9.17, 15) is 4.79 Å². The Morgan fingerprint density at radius 3 is 2.95 bits per heavy atom. The second kappa shape index (κ2) is 4.98. The lowest BCUT2D eigenvalue weighted by Gasteiger charge is -2.24. The van der Waals surface area contributed by atoms with E-state index in [0.717, 1.165) is 30.6 Å². The topological polar surface area (TPSA) is 53.9 Å². The zero-order chi connectivity index (χ0) is 14.3. The van der Waals surface area contributed by atoms with Crippen molar-refractivity contribution in [3.63, 3.8) is 0 Å². The first-order chi connectivity index (χ1) is 9.59. The SMILES string of the molecule is Cc1nn(C)c(Cl)c1[C@@H]1CCCN1C(=O)c1ccc[nH]1. The number of nitrogens with one attached hydrogen (secondary N) is 1. The standard InChI is InChI=1S/C14H17ClN4O/c1-9-12(13(15)18(2)17-9)11-6-4-8-19(11)14(20)10-5-3-7-16-10/h3,5,7,11,16H,4,6,8H2,1-2H3/t11-/m0/s1. The molecule has 6 heteroatoms. The summed E-state index contributed by atoms with van der Waals surface area (Å²) >= 11 is 6.34. The van der Waals surface area contributed by atoms with Crippen molar-refractivity contribution in [3.8, 4) is 0 Å². The number of carbonyl (C=O) groups excluding carboxylic acids is 1. The van der Waals surface area contributed by atoms with E-state index in [1.165, 1.54) is 0 Å². The Hall–Kier alpha value is -1.75. The first-order valence-electron chi connectivity index (χ1n) is 6.73. The highest BCUT2D eigenvalue weighted by Gasteiger charge is 2.34. The summed E-state index contributed by atoms with van der Waals surface area (Å²) in [7, 11) is 1.82. The van der Waals surface area contributed by atoms with Crippen molar-refractivity contribution in [1.29, 1.82) is 0 Å². The van der Waals surface area contributed by atoms with Gasteiger partial charge in [-0.25, -0.2) is 0 Å².